The first-order chi connectivity index (χ1) is 9.74. The molecule has 1 aliphatic rings. The maximum atomic E-state index is 6.05. The van der Waals surface area contributed by atoms with Crippen LogP contribution in [0.5, 0.6) is 0 Å². The van der Waals surface area contributed by atoms with Crippen molar-refractivity contribution in [3.63, 3.8) is 0 Å². The first kappa shape index (κ1) is 13.5. The molecule has 3 rings (SSSR count). The van der Waals surface area contributed by atoms with Gasteiger partial charge in [-0.15, -0.1) is 0 Å². The van der Waals surface area contributed by atoms with Crippen LogP contribution in [0.3, 0.4) is 0 Å². The van der Waals surface area contributed by atoms with Crippen molar-refractivity contribution in [3.8, 4) is 0 Å². The molecule has 0 aliphatic carbocycles. The van der Waals surface area contributed by atoms with E-state index in [0.717, 1.165) is 30.4 Å². The highest BCUT2D eigenvalue weighted by Gasteiger charge is 2.38. The fourth-order valence-electron chi connectivity index (χ4n) is 3.15. The van der Waals surface area contributed by atoms with Crippen LogP contribution < -0.4 is 11.3 Å². The summed E-state index contributed by atoms with van der Waals surface area (Å²) in [4.78, 5) is 4.36. The predicted molar refractivity (Wildman–Crippen MR) is 80.0 cm³/mol. The molecule has 4 heteroatoms. The van der Waals surface area contributed by atoms with E-state index in [2.05, 4.69) is 29.5 Å². The van der Waals surface area contributed by atoms with E-state index in [4.69, 9.17) is 10.6 Å². The Kier molecular flexibility index (Phi) is 3.70. The molecule has 1 aromatic carbocycles. The number of ether oxygens (including phenoxy) is 1. The van der Waals surface area contributed by atoms with Crippen LogP contribution in [0, 0.1) is 0 Å². The van der Waals surface area contributed by atoms with Crippen molar-refractivity contribution in [1.29, 1.82) is 0 Å². The van der Waals surface area contributed by atoms with Crippen LogP contribution in [0.15, 0.2) is 36.7 Å². The number of nitrogens with zero attached hydrogens (tertiary/aromatic N) is 1. The zero-order valence-electron chi connectivity index (χ0n) is 11.8. The van der Waals surface area contributed by atoms with E-state index < -0.39 is 0 Å². The maximum absolute atomic E-state index is 6.05. The lowest BCUT2D eigenvalue weighted by atomic mass is 9.83. The summed E-state index contributed by atoms with van der Waals surface area (Å²) in [6.45, 7) is 2.94. The van der Waals surface area contributed by atoms with Gasteiger partial charge in [0.2, 0.25) is 0 Å². The predicted octanol–water partition coefficient (Wildman–Crippen LogP) is 2.70. The smallest absolute Gasteiger partial charge is 0.0862 e. The van der Waals surface area contributed by atoms with Crippen molar-refractivity contribution in [2.45, 2.75) is 37.8 Å². The average molecular weight is 271 g/mol. The lowest BCUT2D eigenvalue weighted by molar-refractivity contribution is -0.0896. The zero-order valence-corrected chi connectivity index (χ0v) is 11.8. The zero-order chi connectivity index (χ0) is 14.0. The van der Waals surface area contributed by atoms with Crippen LogP contribution in [0.4, 0.5) is 0 Å². The molecule has 1 aromatic heterocycles. The third-order valence-corrected chi connectivity index (χ3v) is 4.29. The molecule has 1 aliphatic heterocycles. The molecule has 0 radical (unpaired) electrons. The second kappa shape index (κ2) is 5.48. The van der Waals surface area contributed by atoms with E-state index in [9.17, 15) is 0 Å². The van der Waals surface area contributed by atoms with Crippen LogP contribution in [-0.2, 0) is 4.74 Å². The van der Waals surface area contributed by atoms with Crippen LogP contribution in [-0.4, -0.2) is 17.2 Å². The van der Waals surface area contributed by atoms with Crippen molar-refractivity contribution >= 4 is 10.8 Å². The molecule has 0 bridgehead atoms. The Morgan fingerprint density at radius 3 is 2.90 bits per heavy atom. The van der Waals surface area contributed by atoms with E-state index in [0.29, 0.717) is 0 Å². The number of nitrogens with one attached hydrogen (secondary N) is 1. The van der Waals surface area contributed by atoms with E-state index in [1.807, 2.05) is 24.5 Å². The SMILES string of the molecule is CC1(C(NN)c2cncc3ccccc23)CCCCO1. The van der Waals surface area contributed by atoms with E-state index in [-0.39, 0.29) is 11.6 Å². The Morgan fingerprint density at radius 1 is 1.30 bits per heavy atom. The first-order valence-corrected chi connectivity index (χ1v) is 7.17. The minimum absolute atomic E-state index is 0.0543. The Bertz CT molecular complexity index is 588. The summed E-state index contributed by atoms with van der Waals surface area (Å²) in [7, 11) is 0. The summed E-state index contributed by atoms with van der Waals surface area (Å²) in [5.74, 6) is 5.85. The van der Waals surface area contributed by atoms with Gasteiger partial charge in [0.15, 0.2) is 0 Å². The molecule has 106 valence electrons. The van der Waals surface area contributed by atoms with Gasteiger partial charge in [0.25, 0.3) is 0 Å². The lowest BCUT2D eigenvalue weighted by Crippen LogP contribution is -2.48. The molecule has 0 saturated carbocycles. The molecule has 3 N–H and O–H groups in total. The molecular weight excluding hydrogens is 250 g/mol. The molecule has 2 heterocycles. The van der Waals surface area contributed by atoms with Crippen molar-refractivity contribution in [2.75, 3.05) is 6.61 Å². The third kappa shape index (κ3) is 2.30. The number of hydrogen-bond donors (Lipinski definition) is 2. The molecular formula is C16H21N3O. The number of fused-ring (bicyclic) bond motifs is 1. The normalized spacial score (nSPS) is 24.7. The number of nitrogens with two attached hydrogens (primary N) is 1. The second-order valence-electron chi connectivity index (χ2n) is 5.67. The van der Waals surface area contributed by atoms with Gasteiger partial charge in [-0.25, -0.2) is 5.43 Å². The van der Waals surface area contributed by atoms with Crippen LogP contribution in [0.25, 0.3) is 10.8 Å². The van der Waals surface area contributed by atoms with Crippen molar-refractivity contribution < 1.29 is 4.74 Å². The summed E-state index contributed by atoms with van der Waals surface area (Å²) in [6.07, 6.45) is 7.09. The van der Waals surface area contributed by atoms with E-state index in [1.54, 1.807) is 0 Å². The summed E-state index contributed by atoms with van der Waals surface area (Å²) in [5, 5.41) is 2.31. The minimum Gasteiger partial charge on any atom is -0.373 e. The van der Waals surface area contributed by atoms with Gasteiger partial charge < -0.3 is 4.74 Å². The summed E-state index contributed by atoms with van der Waals surface area (Å²) in [6, 6.07) is 8.20. The third-order valence-electron chi connectivity index (χ3n) is 4.29. The van der Waals surface area contributed by atoms with E-state index >= 15 is 0 Å². The first-order valence-electron chi connectivity index (χ1n) is 7.17. The molecule has 2 atom stereocenters. The van der Waals surface area contributed by atoms with E-state index in [1.165, 1.54) is 11.8 Å². The molecule has 4 nitrogen and oxygen atoms in total. The summed E-state index contributed by atoms with van der Waals surface area (Å²) in [5.41, 5.74) is 3.78. The number of rotatable bonds is 3. The van der Waals surface area contributed by atoms with Crippen molar-refractivity contribution in [3.05, 3.63) is 42.2 Å². The van der Waals surface area contributed by atoms with Crippen LogP contribution >= 0.6 is 0 Å². The van der Waals surface area contributed by atoms with Crippen LogP contribution in [0.1, 0.15) is 37.8 Å². The topological polar surface area (TPSA) is 60.2 Å². The quantitative estimate of drug-likeness (QED) is 0.665. The Hall–Kier alpha value is -1.49. The number of hydrogen-bond acceptors (Lipinski definition) is 4. The number of aromatic nitrogens is 1. The molecule has 2 unspecified atom stereocenters. The maximum Gasteiger partial charge on any atom is 0.0862 e. The molecule has 20 heavy (non-hydrogen) atoms. The number of pyridine rings is 1. The minimum atomic E-state index is -0.279. The molecule has 2 aromatic rings. The van der Waals surface area contributed by atoms with Crippen molar-refractivity contribution in [2.24, 2.45) is 5.84 Å². The summed E-state index contributed by atoms with van der Waals surface area (Å²) >= 11 is 0. The van der Waals surface area contributed by atoms with Gasteiger partial charge in [0, 0.05) is 24.4 Å². The lowest BCUT2D eigenvalue weighted by Gasteiger charge is -2.40. The highest BCUT2D eigenvalue weighted by Crippen LogP contribution is 2.38. The van der Waals surface area contributed by atoms with Crippen LogP contribution in [0.2, 0.25) is 0 Å². The fourth-order valence-corrected chi connectivity index (χ4v) is 3.15. The average Bonchev–Trinajstić information content (AvgIpc) is 2.49. The highest BCUT2D eigenvalue weighted by atomic mass is 16.5. The largest absolute Gasteiger partial charge is 0.373 e. The molecule has 0 amide bonds. The molecule has 0 spiro atoms. The van der Waals surface area contributed by atoms with Gasteiger partial charge in [0.1, 0.15) is 0 Å². The standard InChI is InChI=1S/C16H21N3O/c1-16(8-4-5-9-20-16)15(19-17)14-11-18-10-12-6-2-3-7-13(12)14/h2-3,6-7,10-11,15,19H,4-5,8-9,17H2,1H3. The summed E-state index contributed by atoms with van der Waals surface area (Å²) < 4.78 is 6.05. The Balaban J connectivity index is 2.07. The number of hydrazine groups is 1. The van der Waals surface area contributed by atoms with Gasteiger partial charge in [-0.05, 0) is 37.1 Å². The monoisotopic (exact) mass is 271 g/mol. The number of benzene rings is 1. The fraction of sp³-hybridized carbons (Fsp3) is 0.438. The molecule has 1 saturated heterocycles. The second-order valence-corrected chi connectivity index (χ2v) is 5.67. The highest BCUT2D eigenvalue weighted by molar-refractivity contribution is 5.85. The Morgan fingerprint density at radius 2 is 2.15 bits per heavy atom. The van der Waals surface area contributed by atoms with Crippen molar-refractivity contribution in [1.82, 2.24) is 10.4 Å². The van der Waals surface area contributed by atoms with Gasteiger partial charge in [-0.3, -0.25) is 10.8 Å². The van der Waals surface area contributed by atoms with Gasteiger partial charge in [0.05, 0.1) is 11.6 Å². The van der Waals surface area contributed by atoms with Gasteiger partial charge in [-0.2, -0.15) is 0 Å². The van der Waals surface area contributed by atoms with Gasteiger partial charge in [-0.1, -0.05) is 24.3 Å². The van der Waals surface area contributed by atoms with Gasteiger partial charge >= 0.3 is 0 Å². The molecule has 1 fully saturated rings. The Labute approximate surface area is 119 Å².